The van der Waals surface area contributed by atoms with Gasteiger partial charge >= 0.3 is 0 Å². The van der Waals surface area contributed by atoms with Gasteiger partial charge in [0, 0.05) is 88.1 Å². The number of piperidine rings is 2. The van der Waals surface area contributed by atoms with Gasteiger partial charge in [-0.3, -0.25) is 35.4 Å². The fraction of sp³-hybridized carbons (Fsp3) is 0.500. The molecule has 0 spiro atoms. The zero-order valence-electron chi connectivity index (χ0n) is 51.1. The van der Waals surface area contributed by atoms with E-state index in [4.69, 9.17) is 44.9 Å². The smallest absolute Gasteiger partial charge is 0.241 e. The molecule has 0 aromatic heterocycles. The van der Waals surface area contributed by atoms with Gasteiger partial charge in [0.05, 0.1) is 9.79 Å². The maximum Gasteiger partial charge on any atom is 0.241 e. The van der Waals surface area contributed by atoms with Crippen molar-refractivity contribution in [2.24, 2.45) is 40.5 Å². The fourth-order valence-electron chi connectivity index (χ4n) is 11.3. The summed E-state index contributed by atoms with van der Waals surface area (Å²) in [6.07, 6.45) is 4.01. The number of nitrogens with two attached hydrogens (primary N) is 5. The van der Waals surface area contributed by atoms with Crippen molar-refractivity contribution in [1.29, 1.82) is 16.2 Å². The van der Waals surface area contributed by atoms with E-state index in [0.717, 1.165) is 24.8 Å². The molecule has 0 radical (unpaired) electrons. The third-order valence-corrected chi connectivity index (χ3v) is 19.4. The molecular weight excluding hydrogens is 1150 g/mol. The lowest BCUT2D eigenvalue weighted by Gasteiger charge is -2.39. The van der Waals surface area contributed by atoms with Gasteiger partial charge in [-0.15, -0.1) is 0 Å². The topological polar surface area (TPSA) is 387 Å². The minimum Gasteiger partial charge on any atom is -0.384 e. The van der Waals surface area contributed by atoms with Crippen LogP contribution in [0.15, 0.2) is 94.7 Å². The summed E-state index contributed by atoms with van der Waals surface area (Å²) in [6, 6.07) is 21.4. The van der Waals surface area contributed by atoms with E-state index in [1.54, 1.807) is 74.2 Å². The Morgan fingerprint density at radius 3 is 1.49 bits per heavy atom. The van der Waals surface area contributed by atoms with Crippen LogP contribution in [0.1, 0.15) is 137 Å². The van der Waals surface area contributed by atoms with Crippen molar-refractivity contribution in [1.82, 2.24) is 29.0 Å². The van der Waals surface area contributed by atoms with Crippen molar-refractivity contribution in [3.8, 4) is 0 Å². The monoisotopic (exact) mass is 1240 g/mol. The third kappa shape index (κ3) is 18.9. The van der Waals surface area contributed by atoms with Gasteiger partial charge in [-0.05, 0) is 133 Å². The second kappa shape index (κ2) is 31.1. The molecule has 3 aliphatic heterocycles. The van der Waals surface area contributed by atoms with E-state index in [1.807, 2.05) is 39.8 Å². The molecule has 7 rings (SSSR count). The predicted octanol–water partition coefficient (Wildman–Crippen LogP) is 4.24. The van der Waals surface area contributed by atoms with Crippen LogP contribution in [0, 0.1) is 28.1 Å². The molecule has 23 nitrogen and oxygen atoms in total. The summed E-state index contributed by atoms with van der Waals surface area (Å²) in [5, 5.41) is 25.9. The average Bonchev–Trinajstić information content (AvgIpc) is 2.58. The van der Waals surface area contributed by atoms with Gasteiger partial charge in [0.25, 0.3) is 0 Å². The number of amides is 4. The van der Waals surface area contributed by atoms with Crippen LogP contribution in [0.3, 0.4) is 0 Å². The van der Waals surface area contributed by atoms with E-state index in [1.165, 1.54) is 18.2 Å². The highest BCUT2D eigenvalue weighted by atomic mass is 32.2. The molecule has 3 aliphatic rings. The van der Waals surface area contributed by atoms with Crippen LogP contribution in [0.2, 0.25) is 0 Å². The lowest BCUT2D eigenvalue weighted by molar-refractivity contribution is -0.143. The highest BCUT2D eigenvalue weighted by Gasteiger charge is 2.38. The van der Waals surface area contributed by atoms with E-state index >= 15 is 0 Å². The minimum absolute atomic E-state index is 0.0182. The molecule has 0 bridgehead atoms. The minimum atomic E-state index is -4.19. The maximum atomic E-state index is 14.5. The lowest BCUT2D eigenvalue weighted by Crippen LogP contribution is -2.57. The van der Waals surface area contributed by atoms with Crippen LogP contribution in [0.25, 0.3) is 0 Å². The summed E-state index contributed by atoms with van der Waals surface area (Å²) in [5.74, 6) is -0.846. The number of rotatable bonds is 23. The van der Waals surface area contributed by atoms with Gasteiger partial charge in [0.2, 0.25) is 43.7 Å². The number of hydrogen-bond acceptors (Lipinski definition) is 13. The number of benzene rings is 4. The van der Waals surface area contributed by atoms with Crippen LogP contribution in [-0.4, -0.2) is 155 Å². The van der Waals surface area contributed by atoms with E-state index in [2.05, 4.69) is 28.6 Å². The Morgan fingerprint density at radius 1 is 0.563 bits per heavy atom. The van der Waals surface area contributed by atoms with Crippen LogP contribution in [-0.2, 0) is 52.1 Å². The number of likely N-dealkylation sites (tertiary alicyclic amines) is 2. The molecule has 4 aromatic carbocycles. The molecule has 0 unspecified atom stereocenters. The first-order valence-electron chi connectivity index (χ1n) is 30.0. The number of sulfonamides is 2. The van der Waals surface area contributed by atoms with E-state index in [9.17, 15) is 36.0 Å². The second-order valence-electron chi connectivity index (χ2n) is 23.7. The van der Waals surface area contributed by atoms with Crippen LogP contribution in [0.4, 0.5) is 5.69 Å². The zero-order chi connectivity index (χ0) is 63.9. The number of carbonyl (C=O) groups excluding carboxylic acids is 4. The molecule has 3 heterocycles. The Hall–Kier alpha value is -7.29. The normalized spacial score (nSPS) is 16.1. The van der Waals surface area contributed by atoms with Crippen molar-refractivity contribution >= 4 is 67.0 Å². The first kappa shape index (κ1) is 68.8. The summed E-state index contributed by atoms with van der Waals surface area (Å²) in [4.78, 5) is 60.2. The van der Waals surface area contributed by atoms with E-state index in [-0.39, 0.29) is 114 Å². The van der Waals surface area contributed by atoms with Gasteiger partial charge in [-0.1, -0.05) is 96.1 Å². The summed E-state index contributed by atoms with van der Waals surface area (Å²) >= 11 is 0. The van der Waals surface area contributed by atoms with Crippen molar-refractivity contribution < 1.29 is 36.0 Å². The maximum absolute atomic E-state index is 14.5. The Morgan fingerprint density at radius 2 is 1.03 bits per heavy atom. The predicted molar refractivity (Wildman–Crippen MR) is 340 cm³/mol. The quantitative estimate of drug-likeness (QED) is 0.0366. The highest BCUT2D eigenvalue weighted by Crippen LogP contribution is 2.36. The summed E-state index contributed by atoms with van der Waals surface area (Å²) in [5.41, 5.74) is 33.2. The summed E-state index contributed by atoms with van der Waals surface area (Å²) in [7, 11) is -8.33. The first-order chi connectivity index (χ1) is 41.1. The number of carbonyl (C=O) groups is 4. The largest absolute Gasteiger partial charge is 0.384 e. The number of piperazine rings is 1. The number of nitrogens with zero attached hydrogens (tertiary/aromatic N) is 4. The SMILES string of the molecule is CC(C)c1cc(C(C)C)c(S(=O)(=O)N[C@@H](Cc2cccc(C(=N)N)c2)C(=O)N2CCN(C(=O)C3CCN(C(=N)N)CC3)CC2)c(C(C)C)c1.N=C(N)c1cccc(C[C@H](NS(=O)(=O)c2cccc(NC(=O)CCN)c2)C(=O)N2CCC(CCN)CC2)c1. The molecule has 0 aliphatic carbocycles. The third-order valence-electron chi connectivity index (χ3n) is 16.3. The lowest BCUT2D eigenvalue weighted by atomic mass is 9.89. The Labute approximate surface area is 513 Å². The Balaban J connectivity index is 0.000000287. The van der Waals surface area contributed by atoms with Crippen LogP contribution in [0.5, 0.6) is 0 Å². The summed E-state index contributed by atoms with van der Waals surface area (Å²) < 4.78 is 61.2. The van der Waals surface area contributed by atoms with Gasteiger partial charge in [-0.2, -0.15) is 9.44 Å². The number of nitrogens with one attached hydrogen (secondary N) is 6. The highest BCUT2D eigenvalue weighted by molar-refractivity contribution is 7.90. The first-order valence-corrected chi connectivity index (χ1v) is 32.9. The molecule has 3 saturated heterocycles. The molecule has 87 heavy (non-hydrogen) atoms. The average molecular weight is 1240 g/mol. The number of hydrogen-bond donors (Lipinski definition) is 11. The number of amidine groups is 2. The van der Waals surface area contributed by atoms with Crippen molar-refractivity contribution in [3.05, 3.63) is 124 Å². The van der Waals surface area contributed by atoms with Crippen molar-refractivity contribution in [3.63, 3.8) is 0 Å². The van der Waals surface area contributed by atoms with Gasteiger partial charge < -0.3 is 53.6 Å². The van der Waals surface area contributed by atoms with Crippen molar-refractivity contribution in [2.45, 2.75) is 133 Å². The van der Waals surface area contributed by atoms with Gasteiger partial charge in [-0.25, -0.2) is 16.8 Å². The molecule has 4 aromatic rings. The zero-order valence-corrected chi connectivity index (χ0v) is 52.7. The Bertz CT molecular complexity index is 3300. The number of nitrogen functional groups attached to an aromatic ring is 2. The van der Waals surface area contributed by atoms with Gasteiger partial charge in [0.1, 0.15) is 23.8 Å². The summed E-state index contributed by atoms with van der Waals surface area (Å²) in [6.45, 7) is 16.3. The standard InChI is InChI=1S/C36H54N8O4S.C26H37N7O4S/c1-22(2)28-20-29(23(3)4)32(30(21-28)24(5)6)49(47,48)41-31(19-25-8-7-9-27(18-25)33(37)38)35(46)43-16-14-42(15-17-43)34(45)26-10-12-44(13-11-26)36(39)40;27-11-7-18-9-13-33(14-10-18)26(35)23(16-19-3-1-4-20(15-19)25(29)30)32-38(36,37)22-6-2-5-21(17-22)31-24(34)8-12-28/h7-9,18,20-24,26,31,41H,10-17,19H2,1-6H3,(H3,37,38)(H3,39,40);1-6,15,17-18,23,32H,7-14,16,27-28H2,(H3,29,30)(H,31,34)/t31-;23-/m00/s1. The van der Waals surface area contributed by atoms with Crippen molar-refractivity contribution in [2.75, 3.05) is 70.8 Å². The molecule has 3 fully saturated rings. The van der Waals surface area contributed by atoms with E-state index < -0.39 is 32.1 Å². The molecule has 16 N–H and O–H groups in total. The van der Waals surface area contributed by atoms with Gasteiger partial charge in [0.15, 0.2) is 5.96 Å². The molecule has 0 saturated carbocycles. The Kier molecular flexibility index (Phi) is 24.6. The number of guanidine groups is 1. The second-order valence-corrected chi connectivity index (χ2v) is 27.1. The fourth-order valence-corrected chi connectivity index (χ4v) is 14.4. The van der Waals surface area contributed by atoms with Crippen LogP contribution < -0.4 is 43.4 Å². The molecule has 25 heteroatoms. The molecular formula is C62H91N15O8S2. The number of anilines is 1. The molecule has 474 valence electrons. The van der Waals surface area contributed by atoms with E-state index in [0.29, 0.717) is 104 Å². The molecule has 4 amide bonds. The van der Waals surface area contributed by atoms with Crippen LogP contribution >= 0.6 is 0 Å². The molecule has 2 atom stereocenters.